The normalized spacial score (nSPS) is 11.5. The number of para-hydroxylation sites is 1. The van der Waals surface area contributed by atoms with Crippen molar-refractivity contribution in [2.45, 2.75) is 26.9 Å². The second kappa shape index (κ2) is 4.88. The third kappa shape index (κ3) is 2.38. The summed E-state index contributed by atoms with van der Waals surface area (Å²) >= 11 is 0. The highest BCUT2D eigenvalue weighted by atomic mass is 15.3. The maximum absolute atomic E-state index is 4.38. The van der Waals surface area contributed by atoms with Crippen molar-refractivity contribution in [1.82, 2.24) is 19.3 Å². The molecule has 0 fully saturated rings. The van der Waals surface area contributed by atoms with E-state index in [1.54, 1.807) is 6.33 Å². The molecule has 4 nitrogen and oxygen atoms in total. The first kappa shape index (κ1) is 12.0. The minimum atomic E-state index is 0.571. The monoisotopic (exact) mass is 254 g/mol. The van der Waals surface area contributed by atoms with Crippen LogP contribution in [-0.4, -0.2) is 19.3 Å². The predicted octanol–water partition coefficient (Wildman–Crippen LogP) is 2.94. The molecule has 4 heteroatoms. The molecule has 0 saturated carbocycles. The molecule has 0 unspecified atom stereocenters. The third-order valence-corrected chi connectivity index (χ3v) is 3.23. The van der Waals surface area contributed by atoms with Crippen LogP contribution in [0.2, 0.25) is 0 Å². The molecule has 1 aromatic carbocycles. The van der Waals surface area contributed by atoms with E-state index in [4.69, 9.17) is 0 Å². The Bertz CT molecular complexity index is 678. The highest BCUT2D eigenvalue weighted by Gasteiger charge is 2.08. The maximum atomic E-state index is 4.38. The number of aromatic nitrogens is 4. The van der Waals surface area contributed by atoms with E-state index in [1.807, 2.05) is 4.68 Å². The van der Waals surface area contributed by atoms with Crippen LogP contribution >= 0.6 is 0 Å². The van der Waals surface area contributed by atoms with Gasteiger partial charge in [0.1, 0.15) is 12.2 Å². The van der Waals surface area contributed by atoms with Gasteiger partial charge in [-0.05, 0) is 23.4 Å². The summed E-state index contributed by atoms with van der Waals surface area (Å²) in [7, 11) is 0. The molecule has 19 heavy (non-hydrogen) atoms. The summed E-state index contributed by atoms with van der Waals surface area (Å²) in [5, 5.41) is 5.57. The Morgan fingerprint density at radius 2 is 2.00 bits per heavy atom. The lowest BCUT2D eigenvalue weighted by atomic mass is 10.2. The fourth-order valence-electron chi connectivity index (χ4n) is 2.34. The van der Waals surface area contributed by atoms with Gasteiger partial charge in [0.2, 0.25) is 0 Å². The molecule has 2 heterocycles. The van der Waals surface area contributed by atoms with E-state index in [1.165, 1.54) is 10.9 Å². The van der Waals surface area contributed by atoms with Crippen molar-refractivity contribution >= 4 is 10.9 Å². The third-order valence-electron chi connectivity index (χ3n) is 3.23. The Hall–Kier alpha value is -2.10. The summed E-state index contributed by atoms with van der Waals surface area (Å²) in [6, 6.07) is 10.5. The summed E-state index contributed by atoms with van der Waals surface area (Å²) < 4.78 is 4.22. The molecule has 0 saturated heterocycles. The molecule has 0 aliphatic carbocycles. The van der Waals surface area contributed by atoms with Crippen LogP contribution in [0.1, 0.15) is 19.7 Å². The lowest BCUT2D eigenvalue weighted by Gasteiger charge is -2.09. The van der Waals surface area contributed by atoms with Gasteiger partial charge in [-0.3, -0.25) is 0 Å². The Morgan fingerprint density at radius 3 is 2.84 bits per heavy atom. The van der Waals surface area contributed by atoms with E-state index in [9.17, 15) is 0 Å². The summed E-state index contributed by atoms with van der Waals surface area (Å²) in [6.45, 7) is 6.06. The molecule has 0 aliphatic rings. The molecule has 3 rings (SSSR count). The molecule has 0 aliphatic heterocycles. The Balaban J connectivity index is 1.91. The van der Waals surface area contributed by atoms with Crippen LogP contribution in [0.25, 0.3) is 10.9 Å². The number of benzene rings is 1. The molecule has 2 aromatic heterocycles. The van der Waals surface area contributed by atoms with Crippen molar-refractivity contribution in [2.75, 3.05) is 0 Å². The minimum absolute atomic E-state index is 0.571. The standard InChI is InChI=1S/C15H18N4/c1-12(2)9-19-15(16-11-17-19)10-18-8-7-13-5-3-4-6-14(13)18/h3-8,11-12H,9-10H2,1-2H3. The highest BCUT2D eigenvalue weighted by Crippen LogP contribution is 2.16. The summed E-state index contributed by atoms with van der Waals surface area (Å²) in [5.41, 5.74) is 1.24. The lowest BCUT2D eigenvalue weighted by Crippen LogP contribution is -2.12. The maximum Gasteiger partial charge on any atom is 0.146 e. The molecule has 0 bridgehead atoms. The zero-order valence-corrected chi connectivity index (χ0v) is 11.3. The van der Waals surface area contributed by atoms with Gasteiger partial charge in [-0.1, -0.05) is 32.0 Å². The number of fused-ring (bicyclic) bond motifs is 1. The van der Waals surface area contributed by atoms with Gasteiger partial charge in [-0.2, -0.15) is 5.10 Å². The van der Waals surface area contributed by atoms with E-state index >= 15 is 0 Å². The van der Waals surface area contributed by atoms with Gasteiger partial charge in [0.25, 0.3) is 0 Å². The number of hydrogen-bond donors (Lipinski definition) is 0. The fourth-order valence-corrected chi connectivity index (χ4v) is 2.34. The smallest absolute Gasteiger partial charge is 0.146 e. The van der Waals surface area contributed by atoms with Crippen molar-refractivity contribution in [3.8, 4) is 0 Å². The minimum Gasteiger partial charge on any atom is -0.340 e. The van der Waals surface area contributed by atoms with Gasteiger partial charge < -0.3 is 4.57 Å². The first-order valence-electron chi connectivity index (χ1n) is 6.64. The summed E-state index contributed by atoms with van der Waals surface area (Å²) in [5.74, 6) is 1.58. The Morgan fingerprint density at radius 1 is 1.16 bits per heavy atom. The zero-order chi connectivity index (χ0) is 13.2. The molecule has 0 radical (unpaired) electrons. The number of rotatable bonds is 4. The highest BCUT2D eigenvalue weighted by molar-refractivity contribution is 5.79. The first-order chi connectivity index (χ1) is 9.24. The molecule has 0 spiro atoms. The first-order valence-corrected chi connectivity index (χ1v) is 6.64. The second-order valence-corrected chi connectivity index (χ2v) is 5.25. The van der Waals surface area contributed by atoms with Gasteiger partial charge in [0.15, 0.2) is 0 Å². The van der Waals surface area contributed by atoms with Gasteiger partial charge >= 0.3 is 0 Å². The fraction of sp³-hybridized carbons (Fsp3) is 0.333. The van der Waals surface area contributed by atoms with E-state index in [-0.39, 0.29) is 0 Å². The van der Waals surface area contributed by atoms with Crippen LogP contribution in [0.5, 0.6) is 0 Å². The van der Waals surface area contributed by atoms with Crippen LogP contribution in [-0.2, 0) is 13.1 Å². The molecule has 0 atom stereocenters. The van der Waals surface area contributed by atoms with Crippen LogP contribution in [0.3, 0.4) is 0 Å². The van der Waals surface area contributed by atoms with E-state index in [0.29, 0.717) is 5.92 Å². The van der Waals surface area contributed by atoms with Gasteiger partial charge in [0, 0.05) is 18.3 Å². The molecule has 0 amide bonds. The average molecular weight is 254 g/mol. The predicted molar refractivity (Wildman–Crippen MR) is 75.9 cm³/mol. The average Bonchev–Trinajstić information content (AvgIpc) is 2.98. The quantitative estimate of drug-likeness (QED) is 0.717. The van der Waals surface area contributed by atoms with Crippen LogP contribution in [0, 0.1) is 5.92 Å². The molecule has 3 aromatic rings. The largest absolute Gasteiger partial charge is 0.340 e. The van der Waals surface area contributed by atoms with Crippen molar-refractivity contribution < 1.29 is 0 Å². The van der Waals surface area contributed by atoms with Crippen molar-refractivity contribution in [3.05, 3.63) is 48.7 Å². The molecule has 98 valence electrons. The van der Waals surface area contributed by atoms with Gasteiger partial charge in [0.05, 0.1) is 6.54 Å². The molecular formula is C15H18N4. The molecular weight excluding hydrogens is 236 g/mol. The van der Waals surface area contributed by atoms with Gasteiger partial charge in [-0.25, -0.2) is 9.67 Å². The van der Waals surface area contributed by atoms with E-state index in [0.717, 1.165) is 18.9 Å². The Labute approximate surface area is 112 Å². The van der Waals surface area contributed by atoms with Crippen molar-refractivity contribution in [3.63, 3.8) is 0 Å². The van der Waals surface area contributed by atoms with Crippen LogP contribution in [0.4, 0.5) is 0 Å². The SMILES string of the molecule is CC(C)Cn1ncnc1Cn1ccc2ccccc21. The number of hydrogen-bond acceptors (Lipinski definition) is 2. The van der Waals surface area contributed by atoms with Crippen LogP contribution < -0.4 is 0 Å². The molecule has 0 N–H and O–H groups in total. The topological polar surface area (TPSA) is 35.6 Å². The van der Waals surface area contributed by atoms with Crippen molar-refractivity contribution in [2.24, 2.45) is 5.92 Å². The zero-order valence-electron chi connectivity index (χ0n) is 11.3. The summed E-state index contributed by atoms with van der Waals surface area (Å²) in [4.78, 5) is 4.38. The van der Waals surface area contributed by atoms with E-state index < -0.39 is 0 Å². The van der Waals surface area contributed by atoms with Gasteiger partial charge in [-0.15, -0.1) is 0 Å². The number of nitrogens with zero attached hydrogens (tertiary/aromatic N) is 4. The summed E-state index contributed by atoms with van der Waals surface area (Å²) in [6.07, 6.45) is 3.75. The van der Waals surface area contributed by atoms with E-state index in [2.05, 4.69) is 65.0 Å². The second-order valence-electron chi connectivity index (χ2n) is 5.25. The van der Waals surface area contributed by atoms with Crippen molar-refractivity contribution in [1.29, 1.82) is 0 Å². The van der Waals surface area contributed by atoms with Crippen LogP contribution in [0.15, 0.2) is 42.9 Å². The Kier molecular flexibility index (Phi) is 3.07. The lowest BCUT2D eigenvalue weighted by molar-refractivity contribution is 0.462.